The van der Waals surface area contributed by atoms with Crippen LogP contribution in [0.2, 0.25) is 0 Å². The molecule has 1 aromatic rings. The van der Waals surface area contributed by atoms with E-state index >= 15 is 0 Å². The molecule has 1 aromatic carbocycles. The highest BCUT2D eigenvalue weighted by Crippen LogP contribution is 2.47. The van der Waals surface area contributed by atoms with Gasteiger partial charge < -0.3 is 5.11 Å². The van der Waals surface area contributed by atoms with Crippen molar-refractivity contribution in [3.8, 4) is 0 Å². The zero-order valence-electron chi connectivity index (χ0n) is 9.79. The molecule has 92 valence electrons. The molecular formula is C14H17BrOS. The fraction of sp³-hybridized carbons (Fsp3) is 0.571. The minimum absolute atomic E-state index is 0.510. The molecule has 0 amide bonds. The lowest BCUT2D eigenvalue weighted by Crippen LogP contribution is -2.10. The average Bonchev–Trinajstić information content (AvgIpc) is 3.10. The summed E-state index contributed by atoms with van der Waals surface area (Å²) in [5.41, 5.74) is 2.00. The predicted octanol–water partition coefficient (Wildman–Crippen LogP) is 4.04. The minimum Gasteiger partial charge on any atom is -0.385 e. The van der Waals surface area contributed by atoms with Gasteiger partial charge in [-0.15, -0.1) is 0 Å². The normalized spacial score (nSPS) is 23.6. The zero-order valence-corrected chi connectivity index (χ0v) is 12.2. The van der Waals surface area contributed by atoms with E-state index in [1.54, 1.807) is 0 Å². The van der Waals surface area contributed by atoms with Crippen LogP contribution in [0.25, 0.3) is 0 Å². The highest BCUT2D eigenvalue weighted by molar-refractivity contribution is 9.10. The van der Waals surface area contributed by atoms with Gasteiger partial charge in [0.1, 0.15) is 0 Å². The van der Waals surface area contributed by atoms with Gasteiger partial charge in [-0.2, -0.15) is 11.8 Å². The quantitative estimate of drug-likeness (QED) is 0.889. The molecule has 0 aromatic heterocycles. The van der Waals surface area contributed by atoms with Crippen LogP contribution in [0.5, 0.6) is 0 Å². The van der Waals surface area contributed by atoms with E-state index in [0.717, 1.165) is 18.4 Å². The van der Waals surface area contributed by atoms with Gasteiger partial charge in [-0.05, 0) is 60.3 Å². The van der Waals surface area contributed by atoms with Crippen LogP contribution in [-0.4, -0.2) is 16.6 Å². The molecule has 1 saturated carbocycles. The Bertz CT molecular complexity index is 422. The van der Waals surface area contributed by atoms with Gasteiger partial charge in [-0.3, -0.25) is 0 Å². The summed E-state index contributed by atoms with van der Waals surface area (Å²) in [5.74, 6) is 3.26. The Balaban J connectivity index is 1.85. The third kappa shape index (κ3) is 2.42. The van der Waals surface area contributed by atoms with Crippen molar-refractivity contribution in [1.29, 1.82) is 0 Å². The Kier molecular flexibility index (Phi) is 3.26. The topological polar surface area (TPSA) is 20.2 Å². The molecule has 3 rings (SSSR count). The smallest absolute Gasteiger partial charge is 0.0899 e. The Morgan fingerprint density at radius 3 is 2.53 bits per heavy atom. The van der Waals surface area contributed by atoms with Crippen LogP contribution < -0.4 is 0 Å². The lowest BCUT2D eigenvalue weighted by atomic mass is 9.92. The summed E-state index contributed by atoms with van der Waals surface area (Å²) in [6.45, 7) is 0. The van der Waals surface area contributed by atoms with Crippen molar-refractivity contribution in [3.05, 3.63) is 33.8 Å². The second-order valence-electron chi connectivity index (χ2n) is 5.15. The van der Waals surface area contributed by atoms with E-state index in [0.29, 0.717) is 5.92 Å². The van der Waals surface area contributed by atoms with Gasteiger partial charge in [0.25, 0.3) is 0 Å². The number of hydrogen-bond acceptors (Lipinski definition) is 2. The maximum absolute atomic E-state index is 10.1. The summed E-state index contributed by atoms with van der Waals surface area (Å²) in [5, 5.41) is 10.1. The molecule has 1 nitrogen and oxygen atoms in total. The van der Waals surface area contributed by atoms with E-state index in [1.165, 1.54) is 34.4 Å². The van der Waals surface area contributed by atoms with E-state index in [4.69, 9.17) is 0 Å². The number of aliphatic hydroxyl groups is 1. The second-order valence-corrected chi connectivity index (χ2v) is 7.23. The van der Waals surface area contributed by atoms with Gasteiger partial charge in [-0.25, -0.2) is 0 Å². The summed E-state index contributed by atoms with van der Waals surface area (Å²) < 4.78 is 1.19. The monoisotopic (exact) mass is 312 g/mol. The fourth-order valence-electron chi connectivity index (χ4n) is 2.56. The first kappa shape index (κ1) is 12.1. The molecule has 0 spiro atoms. The van der Waals surface area contributed by atoms with Crippen LogP contribution in [0, 0.1) is 0 Å². The first-order valence-electron chi connectivity index (χ1n) is 6.29. The van der Waals surface area contributed by atoms with E-state index in [1.807, 2.05) is 0 Å². The molecule has 1 aliphatic heterocycles. The van der Waals surface area contributed by atoms with Crippen molar-refractivity contribution in [2.45, 2.75) is 37.2 Å². The van der Waals surface area contributed by atoms with Crippen molar-refractivity contribution >= 4 is 27.7 Å². The first-order valence-corrected chi connectivity index (χ1v) is 8.24. The Hall–Kier alpha value is 0.01000. The van der Waals surface area contributed by atoms with E-state index in [-0.39, 0.29) is 0 Å². The van der Waals surface area contributed by atoms with Gasteiger partial charge in [0.15, 0.2) is 0 Å². The lowest BCUT2D eigenvalue weighted by molar-refractivity contribution is 0.151. The van der Waals surface area contributed by atoms with Crippen molar-refractivity contribution in [2.24, 2.45) is 0 Å². The number of halogens is 1. The van der Waals surface area contributed by atoms with Crippen LogP contribution in [0.1, 0.15) is 42.7 Å². The highest BCUT2D eigenvalue weighted by atomic mass is 79.9. The van der Waals surface area contributed by atoms with Gasteiger partial charge in [0, 0.05) is 4.47 Å². The molecule has 0 radical (unpaired) electrons. The third-order valence-corrected chi connectivity index (χ3v) is 5.66. The third-order valence-electron chi connectivity index (χ3n) is 3.92. The van der Waals surface area contributed by atoms with Crippen molar-refractivity contribution in [2.75, 3.05) is 11.5 Å². The maximum Gasteiger partial charge on any atom is 0.0899 e. The van der Waals surface area contributed by atoms with Crippen LogP contribution >= 0.6 is 27.7 Å². The van der Waals surface area contributed by atoms with Crippen LogP contribution in [0.3, 0.4) is 0 Å². The molecular weight excluding hydrogens is 296 g/mol. The van der Waals surface area contributed by atoms with Crippen LogP contribution in [0.4, 0.5) is 0 Å². The summed E-state index contributed by atoms with van der Waals surface area (Å²) in [6, 6.07) is 6.47. The molecule has 3 heteroatoms. The predicted molar refractivity (Wildman–Crippen MR) is 76.6 cm³/mol. The molecule has 2 fully saturated rings. The molecule has 1 heterocycles. The number of hydrogen-bond donors (Lipinski definition) is 1. The van der Waals surface area contributed by atoms with Gasteiger partial charge in [0.2, 0.25) is 0 Å². The number of benzene rings is 1. The minimum atomic E-state index is -0.510. The average molecular weight is 313 g/mol. The van der Waals surface area contributed by atoms with E-state index in [2.05, 4.69) is 45.9 Å². The second kappa shape index (κ2) is 4.60. The lowest BCUT2D eigenvalue weighted by Gasteiger charge is -2.23. The van der Waals surface area contributed by atoms with Gasteiger partial charge >= 0.3 is 0 Å². The van der Waals surface area contributed by atoms with Crippen molar-refractivity contribution in [3.63, 3.8) is 0 Å². The van der Waals surface area contributed by atoms with Crippen molar-refractivity contribution < 1.29 is 5.11 Å². The first-order chi connectivity index (χ1) is 8.19. The molecule has 2 aliphatic rings. The Morgan fingerprint density at radius 1 is 1.24 bits per heavy atom. The molecule has 0 unspecified atom stereocenters. The summed E-state index contributed by atoms with van der Waals surface area (Å²) >= 11 is 5.75. The SMILES string of the molecule is OC1(c2ccc(C3CCSCC3)c(Br)c2)CC1. The maximum atomic E-state index is 10.1. The van der Waals surface area contributed by atoms with Crippen LogP contribution in [0.15, 0.2) is 22.7 Å². The zero-order chi connectivity index (χ0) is 11.9. The molecule has 0 atom stereocenters. The largest absolute Gasteiger partial charge is 0.385 e. The molecule has 17 heavy (non-hydrogen) atoms. The summed E-state index contributed by atoms with van der Waals surface area (Å²) in [4.78, 5) is 0. The Labute approximate surface area is 115 Å². The molecule has 1 aliphatic carbocycles. The van der Waals surface area contributed by atoms with E-state index in [9.17, 15) is 5.11 Å². The summed E-state index contributed by atoms with van der Waals surface area (Å²) in [6.07, 6.45) is 4.40. The standard InChI is InChI=1S/C14H17BrOS/c15-13-9-11(14(16)5-6-14)1-2-12(13)10-3-7-17-8-4-10/h1-2,9-10,16H,3-8H2. The van der Waals surface area contributed by atoms with E-state index < -0.39 is 5.60 Å². The molecule has 1 N–H and O–H groups in total. The molecule has 0 bridgehead atoms. The van der Waals surface area contributed by atoms with Crippen LogP contribution in [-0.2, 0) is 5.60 Å². The number of thioether (sulfide) groups is 1. The summed E-state index contributed by atoms with van der Waals surface area (Å²) in [7, 11) is 0. The van der Waals surface area contributed by atoms with Gasteiger partial charge in [-0.1, -0.05) is 28.1 Å². The number of rotatable bonds is 2. The molecule has 1 saturated heterocycles. The highest BCUT2D eigenvalue weighted by Gasteiger charge is 2.42. The fourth-order valence-corrected chi connectivity index (χ4v) is 4.37. The Morgan fingerprint density at radius 2 is 1.94 bits per heavy atom. The van der Waals surface area contributed by atoms with Gasteiger partial charge in [0.05, 0.1) is 5.60 Å². The van der Waals surface area contributed by atoms with Crippen molar-refractivity contribution in [1.82, 2.24) is 0 Å².